The number of thiazole rings is 1. The predicted molar refractivity (Wildman–Crippen MR) is 68.8 cm³/mol. The Kier molecular flexibility index (Phi) is 3.95. The minimum Gasteiger partial charge on any atom is -0.316 e. The number of hydrogen-bond acceptors (Lipinski definition) is 4. The van der Waals surface area contributed by atoms with E-state index >= 15 is 0 Å². The normalized spacial score (nSPS) is 25.1. The van der Waals surface area contributed by atoms with Gasteiger partial charge in [-0.3, -0.25) is 0 Å². The molecule has 0 spiro atoms. The van der Waals surface area contributed by atoms with E-state index in [-0.39, 0.29) is 0 Å². The first kappa shape index (κ1) is 12.0. The molecule has 1 aromatic rings. The molecule has 0 amide bonds. The van der Waals surface area contributed by atoms with Crippen LogP contribution in [0.1, 0.15) is 29.7 Å². The molecule has 1 fully saturated rings. The van der Waals surface area contributed by atoms with E-state index in [1.807, 2.05) is 6.20 Å². The fourth-order valence-corrected chi connectivity index (χ4v) is 3.08. The Morgan fingerprint density at radius 3 is 3.06 bits per heavy atom. The molecule has 2 N–H and O–H groups in total. The summed E-state index contributed by atoms with van der Waals surface area (Å²) < 4.78 is 0. The summed E-state index contributed by atoms with van der Waals surface area (Å²) in [7, 11) is 0. The van der Waals surface area contributed by atoms with Gasteiger partial charge in [0.1, 0.15) is 0 Å². The summed E-state index contributed by atoms with van der Waals surface area (Å²) in [6.07, 6.45) is 4.55. The molecule has 0 saturated carbocycles. The third-order valence-corrected chi connectivity index (χ3v) is 4.46. The molecular weight excluding hydrogens is 218 g/mol. The van der Waals surface area contributed by atoms with Gasteiger partial charge in [0.15, 0.2) is 0 Å². The molecule has 0 radical (unpaired) electrons. The number of aromatic nitrogens is 1. The number of nitrogens with zero attached hydrogens (tertiary/aromatic N) is 1. The standard InChI is InChI=1S/C12H21N3S/c1-3-12(4-5-13-8-12)9-14-6-11-7-15-10(2)16-11/h7,13-14H,3-6,8-9H2,1-2H3. The number of hydrogen-bond donors (Lipinski definition) is 2. The van der Waals surface area contributed by atoms with Crippen LogP contribution in [0.4, 0.5) is 0 Å². The van der Waals surface area contributed by atoms with Gasteiger partial charge in [-0.25, -0.2) is 4.98 Å². The summed E-state index contributed by atoms with van der Waals surface area (Å²) in [6.45, 7) is 8.78. The van der Waals surface area contributed by atoms with Crippen LogP contribution in [-0.4, -0.2) is 24.6 Å². The summed E-state index contributed by atoms with van der Waals surface area (Å²) in [5.41, 5.74) is 0.486. The van der Waals surface area contributed by atoms with E-state index in [0.717, 1.165) is 24.6 Å². The second kappa shape index (κ2) is 5.25. The van der Waals surface area contributed by atoms with Crippen LogP contribution in [0.5, 0.6) is 0 Å². The van der Waals surface area contributed by atoms with Crippen molar-refractivity contribution in [1.82, 2.24) is 15.6 Å². The molecule has 2 rings (SSSR count). The third kappa shape index (κ3) is 2.81. The molecule has 1 unspecified atom stereocenters. The van der Waals surface area contributed by atoms with Crippen LogP contribution in [0.3, 0.4) is 0 Å². The Balaban J connectivity index is 1.78. The molecule has 1 saturated heterocycles. The third-order valence-electron chi connectivity index (χ3n) is 3.55. The molecule has 0 aliphatic carbocycles. The molecule has 2 heterocycles. The minimum atomic E-state index is 0.486. The average Bonchev–Trinajstić information content (AvgIpc) is 2.89. The smallest absolute Gasteiger partial charge is 0.0897 e. The highest BCUT2D eigenvalue weighted by Gasteiger charge is 2.31. The van der Waals surface area contributed by atoms with E-state index in [2.05, 4.69) is 29.5 Å². The van der Waals surface area contributed by atoms with Crippen molar-refractivity contribution in [2.75, 3.05) is 19.6 Å². The van der Waals surface area contributed by atoms with Crippen molar-refractivity contribution in [2.45, 2.75) is 33.2 Å². The van der Waals surface area contributed by atoms with Gasteiger partial charge in [-0.2, -0.15) is 0 Å². The Morgan fingerprint density at radius 1 is 1.62 bits per heavy atom. The molecule has 1 atom stereocenters. The van der Waals surface area contributed by atoms with Crippen LogP contribution >= 0.6 is 11.3 Å². The van der Waals surface area contributed by atoms with Gasteiger partial charge < -0.3 is 10.6 Å². The fraction of sp³-hybridized carbons (Fsp3) is 0.750. The summed E-state index contributed by atoms with van der Waals surface area (Å²) in [5, 5.41) is 8.20. The van der Waals surface area contributed by atoms with Crippen molar-refractivity contribution in [3.05, 3.63) is 16.1 Å². The van der Waals surface area contributed by atoms with Crippen LogP contribution in [0.15, 0.2) is 6.20 Å². The maximum atomic E-state index is 4.27. The van der Waals surface area contributed by atoms with E-state index in [0.29, 0.717) is 5.41 Å². The maximum Gasteiger partial charge on any atom is 0.0897 e. The Bertz CT molecular complexity index is 329. The monoisotopic (exact) mass is 239 g/mol. The lowest BCUT2D eigenvalue weighted by molar-refractivity contribution is 0.291. The Morgan fingerprint density at radius 2 is 2.50 bits per heavy atom. The van der Waals surface area contributed by atoms with Crippen molar-refractivity contribution >= 4 is 11.3 Å². The van der Waals surface area contributed by atoms with Crippen molar-refractivity contribution in [1.29, 1.82) is 0 Å². The lowest BCUT2D eigenvalue weighted by Crippen LogP contribution is -2.35. The van der Waals surface area contributed by atoms with Gasteiger partial charge in [0, 0.05) is 30.7 Å². The van der Waals surface area contributed by atoms with Crippen molar-refractivity contribution in [2.24, 2.45) is 5.41 Å². The lowest BCUT2D eigenvalue weighted by atomic mass is 9.84. The van der Waals surface area contributed by atoms with E-state index in [4.69, 9.17) is 0 Å². The second-order valence-electron chi connectivity index (χ2n) is 4.73. The van der Waals surface area contributed by atoms with E-state index < -0.39 is 0 Å². The SMILES string of the molecule is CCC1(CNCc2cnc(C)s2)CCNC1. The van der Waals surface area contributed by atoms with E-state index in [9.17, 15) is 0 Å². The Hall–Kier alpha value is -0.450. The number of rotatable bonds is 5. The zero-order chi connectivity index (χ0) is 11.4. The van der Waals surface area contributed by atoms with Crippen molar-refractivity contribution in [3.63, 3.8) is 0 Å². The topological polar surface area (TPSA) is 37.0 Å². The average molecular weight is 239 g/mol. The first-order chi connectivity index (χ1) is 7.74. The van der Waals surface area contributed by atoms with Crippen molar-refractivity contribution in [3.8, 4) is 0 Å². The highest BCUT2D eigenvalue weighted by atomic mass is 32.1. The number of aryl methyl sites for hydroxylation is 1. The highest BCUT2D eigenvalue weighted by molar-refractivity contribution is 7.11. The van der Waals surface area contributed by atoms with E-state index in [1.54, 1.807) is 11.3 Å². The second-order valence-corrected chi connectivity index (χ2v) is 6.05. The molecule has 0 aromatic carbocycles. The van der Waals surface area contributed by atoms with E-state index in [1.165, 1.54) is 24.3 Å². The van der Waals surface area contributed by atoms with Crippen LogP contribution in [0.25, 0.3) is 0 Å². The molecular formula is C12H21N3S. The van der Waals surface area contributed by atoms with Crippen LogP contribution in [-0.2, 0) is 6.54 Å². The van der Waals surface area contributed by atoms with Crippen molar-refractivity contribution < 1.29 is 0 Å². The molecule has 0 bridgehead atoms. The molecule has 3 nitrogen and oxygen atoms in total. The quantitative estimate of drug-likeness (QED) is 0.824. The highest BCUT2D eigenvalue weighted by Crippen LogP contribution is 2.28. The molecule has 16 heavy (non-hydrogen) atoms. The van der Waals surface area contributed by atoms with Gasteiger partial charge in [0.2, 0.25) is 0 Å². The Labute approximate surface area is 102 Å². The maximum absolute atomic E-state index is 4.27. The first-order valence-electron chi connectivity index (χ1n) is 6.07. The first-order valence-corrected chi connectivity index (χ1v) is 6.88. The summed E-state index contributed by atoms with van der Waals surface area (Å²) in [6, 6.07) is 0. The largest absolute Gasteiger partial charge is 0.316 e. The molecule has 1 aromatic heterocycles. The zero-order valence-electron chi connectivity index (χ0n) is 10.2. The van der Waals surface area contributed by atoms with Crippen LogP contribution in [0.2, 0.25) is 0 Å². The van der Waals surface area contributed by atoms with Gasteiger partial charge in [-0.05, 0) is 31.7 Å². The van der Waals surface area contributed by atoms with Gasteiger partial charge in [-0.15, -0.1) is 11.3 Å². The zero-order valence-corrected chi connectivity index (χ0v) is 11.0. The summed E-state index contributed by atoms with van der Waals surface area (Å²) in [5.74, 6) is 0. The minimum absolute atomic E-state index is 0.486. The van der Waals surface area contributed by atoms with Crippen LogP contribution in [0, 0.1) is 12.3 Å². The van der Waals surface area contributed by atoms with Gasteiger partial charge in [-0.1, -0.05) is 6.92 Å². The fourth-order valence-electron chi connectivity index (χ4n) is 2.31. The van der Waals surface area contributed by atoms with Gasteiger partial charge >= 0.3 is 0 Å². The van der Waals surface area contributed by atoms with Gasteiger partial charge in [0.25, 0.3) is 0 Å². The molecule has 4 heteroatoms. The summed E-state index contributed by atoms with van der Waals surface area (Å²) >= 11 is 1.79. The molecule has 90 valence electrons. The van der Waals surface area contributed by atoms with Crippen LogP contribution < -0.4 is 10.6 Å². The number of nitrogens with one attached hydrogen (secondary N) is 2. The molecule has 1 aliphatic rings. The lowest BCUT2D eigenvalue weighted by Gasteiger charge is -2.26. The summed E-state index contributed by atoms with van der Waals surface area (Å²) in [4.78, 5) is 5.61. The molecule has 1 aliphatic heterocycles. The van der Waals surface area contributed by atoms with Gasteiger partial charge in [0.05, 0.1) is 5.01 Å². The predicted octanol–water partition coefficient (Wildman–Crippen LogP) is 1.93.